The van der Waals surface area contributed by atoms with Gasteiger partial charge >= 0.3 is 0 Å². The minimum Gasteiger partial charge on any atom is -0.348 e. The molecule has 5 heteroatoms. The van der Waals surface area contributed by atoms with Crippen molar-refractivity contribution in [2.45, 2.75) is 13.3 Å². The summed E-state index contributed by atoms with van der Waals surface area (Å²) in [5.74, 6) is 0.0552. The van der Waals surface area contributed by atoms with Crippen LogP contribution in [-0.2, 0) is 4.79 Å². The number of nitrogens with zero attached hydrogens (tertiary/aromatic N) is 2. The topological polar surface area (TPSA) is 40.6 Å². The van der Waals surface area contributed by atoms with Crippen molar-refractivity contribution >= 4 is 27.6 Å². The molecule has 1 aromatic carbocycles. The lowest BCUT2D eigenvalue weighted by molar-refractivity contribution is -0.129. The van der Waals surface area contributed by atoms with Crippen LogP contribution in [0.5, 0.6) is 0 Å². The Bertz CT molecular complexity index is 457. The number of benzene rings is 1. The summed E-state index contributed by atoms with van der Waals surface area (Å²) >= 11 is 3.35. The third-order valence-electron chi connectivity index (χ3n) is 2.93. The van der Waals surface area contributed by atoms with Crippen LogP contribution in [0.3, 0.4) is 0 Å². The zero-order valence-corrected chi connectivity index (χ0v) is 13.8. The number of Topliss-reactive ketones (excluding diaryl/α,β-unsaturated/α-hetero) is 1. The predicted molar refractivity (Wildman–Crippen MR) is 83.9 cm³/mol. The van der Waals surface area contributed by atoms with Crippen molar-refractivity contribution in [2.24, 2.45) is 0 Å². The maximum absolute atomic E-state index is 12.2. The van der Waals surface area contributed by atoms with Gasteiger partial charge in [0.2, 0.25) is 5.91 Å². The monoisotopic (exact) mass is 340 g/mol. The van der Waals surface area contributed by atoms with Gasteiger partial charge in [0.15, 0.2) is 5.78 Å². The van der Waals surface area contributed by atoms with Gasteiger partial charge in [-0.2, -0.15) is 0 Å². The van der Waals surface area contributed by atoms with Crippen molar-refractivity contribution < 1.29 is 9.59 Å². The smallest absolute Gasteiger partial charge is 0.236 e. The summed E-state index contributed by atoms with van der Waals surface area (Å²) in [5.41, 5.74) is 0.673. The highest BCUT2D eigenvalue weighted by molar-refractivity contribution is 9.10. The molecule has 0 heterocycles. The van der Waals surface area contributed by atoms with Crippen LogP contribution in [0.1, 0.15) is 23.7 Å². The Morgan fingerprint density at radius 2 is 1.70 bits per heavy atom. The standard InChI is InChI=1S/C15H21BrN2O2/c1-4-9-18(11-15(20)17(2)3)10-14(19)12-5-7-13(16)8-6-12/h5-8H,4,9-11H2,1-3H3. The number of hydrogen-bond acceptors (Lipinski definition) is 3. The highest BCUT2D eigenvalue weighted by Crippen LogP contribution is 2.11. The minimum atomic E-state index is 0.0158. The van der Waals surface area contributed by atoms with E-state index < -0.39 is 0 Å². The molecule has 4 nitrogen and oxygen atoms in total. The largest absolute Gasteiger partial charge is 0.348 e. The van der Waals surface area contributed by atoms with Crippen molar-refractivity contribution in [1.29, 1.82) is 0 Å². The highest BCUT2D eigenvalue weighted by Gasteiger charge is 2.16. The van der Waals surface area contributed by atoms with E-state index in [1.807, 2.05) is 24.0 Å². The van der Waals surface area contributed by atoms with Crippen LogP contribution < -0.4 is 0 Å². The third-order valence-corrected chi connectivity index (χ3v) is 3.46. The number of carbonyl (C=O) groups excluding carboxylic acids is 2. The van der Waals surface area contributed by atoms with E-state index in [2.05, 4.69) is 15.9 Å². The predicted octanol–water partition coefficient (Wildman–Crippen LogP) is 2.43. The Balaban J connectivity index is 2.67. The molecular weight excluding hydrogens is 320 g/mol. The molecule has 0 aliphatic carbocycles. The van der Waals surface area contributed by atoms with E-state index in [0.29, 0.717) is 5.56 Å². The molecule has 0 spiro atoms. The summed E-state index contributed by atoms with van der Waals surface area (Å²) in [6.07, 6.45) is 0.911. The summed E-state index contributed by atoms with van der Waals surface area (Å²) < 4.78 is 0.947. The van der Waals surface area contributed by atoms with Gasteiger partial charge < -0.3 is 4.90 Å². The molecule has 0 aliphatic rings. The van der Waals surface area contributed by atoms with Gasteiger partial charge in [-0.1, -0.05) is 35.0 Å². The molecule has 0 atom stereocenters. The number of carbonyl (C=O) groups is 2. The number of halogens is 1. The number of amides is 1. The van der Waals surface area contributed by atoms with Crippen LogP contribution in [0.2, 0.25) is 0 Å². The maximum Gasteiger partial charge on any atom is 0.236 e. The number of ketones is 1. The Morgan fingerprint density at radius 3 is 2.20 bits per heavy atom. The second kappa shape index (κ2) is 8.17. The van der Waals surface area contributed by atoms with Gasteiger partial charge in [-0.3, -0.25) is 14.5 Å². The fourth-order valence-corrected chi connectivity index (χ4v) is 2.06. The molecule has 0 N–H and O–H groups in total. The Hall–Kier alpha value is -1.20. The molecule has 1 amide bonds. The van der Waals surface area contributed by atoms with Gasteiger partial charge in [0.1, 0.15) is 0 Å². The Labute approximate surface area is 128 Å². The number of likely N-dealkylation sites (N-methyl/N-ethyl adjacent to an activating group) is 1. The molecule has 0 unspecified atom stereocenters. The van der Waals surface area contributed by atoms with Crippen molar-refractivity contribution in [1.82, 2.24) is 9.80 Å². The Morgan fingerprint density at radius 1 is 1.10 bits per heavy atom. The van der Waals surface area contributed by atoms with E-state index in [9.17, 15) is 9.59 Å². The fraction of sp³-hybridized carbons (Fsp3) is 0.467. The molecule has 20 heavy (non-hydrogen) atoms. The molecular formula is C15H21BrN2O2. The van der Waals surface area contributed by atoms with E-state index in [4.69, 9.17) is 0 Å². The van der Waals surface area contributed by atoms with Gasteiger partial charge in [0.05, 0.1) is 13.1 Å². The summed E-state index contributed by atoms with van der Waals surface area (Å²) in [6, 6.07) is 7.29. The zero-order chi connectivity index (χ0) is 15.1. The normalized spacial score (nSPS) is 10.7. The first kappa shape index (κ1) is 16.9. The molecule has 0 saturated carbocycles. The molecule has 0 bridgehead atoms. The van der Waals surface area contributed by atoms with Crippen LogP contribution in [0.15, 0.2) is 28.7 Å². The maximum atomic E-state index is 12.2. The SMILES string of the molecule is CCCN(CC(=O)c1ccc(Br)cc1)CC(=O)N(C)C. The third kappa shape index (κ3) is 5.43. The number of hydrogen-bond donors (Lipinski definition) is 0. The quantitative estimate of drug-likeness (QED) is 0.716. The lowest BCUT2D eigenvalue weighted by atomic mass is 10.1. The highest BCUT2D eigenvalue weighted by atomic mass is 79.9. The first-order chi connectivity index (χ1) is 9.43. The van der Waals surface area contributed by atoms with Crippen LogP contribution in [-0.4, -0.2) is 55.2 Å². The van der Waals surface area contributed by atoms with Crippen molar-refractivity contribution in [3.63, 3.8) is 0 Å². The van der Waals surface area contributed by atoms with Gasteiger partial charge in [-0.15, -0.1) is 0 Å². The lowest BCUT2D eigenvalue weighted by Gasteiger charge is -2.22. The van der Waals surface area contributed by atoms with Gasteiger partial charge in [-0.05, 0) is 25.1 Å². The minimum absolute atomic E-state index is 0.0158. The fourth-order valence-electron chi connectivity index (χ4n) is 1.79. The Kier molecular flexibility index (Phi) is 6.88. The molecule has 0 fully saturated rings. The summed E-state index contributed by atoms with van der Waals surface area (Å²) in [6.45, 7) is 3.33. The first-order valence-corrected chi connectivity index (χ1v) is 7.44. The molecule has 0 saturated heterocycles. The van der Waals surface area contributed by atoms with Crippen LogP contribution in [0, 0.1) is 0 Å². The second-order valence-corrected chi connectivity index (χ2v) is 5.84. The second-order valence-electron chi connectivity index (χ2n) is 4.93. The van der Waals surface area contributed by atoms with Gasteiger partial charge in [0.25, 0.3) is 0 Å². The lowest BCUT2D eigenvalue weighted by Crippen LogP contribution is -2.39. The van der Waals surface area contributed by atoms with Gasteiger partial charge in [-0.25, -0.2) is 0 Å². The van der Waals surface area contributed by atoms with E-state index in [-0.39, 0.29) is 24.8 Å². The molecule has 0 radical (unpaired) electrons. The average Bonchev–Trinajstić information content (AvgIpc) is 2.39. The van der Waals surface area contributed by atoms with Gasteiger partial charge in [0, 0.05) is 24.1 Å². The van der Waals surface area contributed by atoms with E-state index in [1.54, 1.807) is 31.1 Å². The molecule has 1 rings (SSSR count). The molecule has 0 aromatic heterocycles. The zero-order valence-electron chi connectivity index (χ0n) is 12.2. The average molecular weight is 341 g/mol. The molecule has 0 aliphatic heterocycles. The van der Waals surface area contributed by atoms with E-state index >= 15 is 0 Å². The molecule has 110 valence electrons. The van der Waals surface area contributed by atoms with Crippen molar-refractivity contribution in [2.75, 3.05) is 33.7 Å². The van der Waals surface area contributed by atoms with Crippen molar-refractivity contribution in [3.8, 4) is 0 Å². The van der Waals surface area contributed by atoms with Crippen molar-refractivity contribution in [3.05, 3.63) is 34.3 Å². The van der Waals surface area contributed by atoms with Crippen LogP contribution >= 0.6 is 15.9 Å². The molecule has 1 aromatic rings. The summed E-state index contributed by atoms with van der Waals surface area (Å²) in [4.78, 5) is 27.4. The first-order valence-electron chi connectivity index (χ1n) is 6.65. The van der Waals surface area contributed by atoms with Crippen LogP contribution in [0.25, 0.3) is 0 Å². The summed E-state index contributed by atoms with van der Waals surface area (Å²) in [5, 5.41) is 0. The number of rotatable bonds is 7. The van der Waals surface area contributed by atoms with Crippen LogP contribution in [0.4, 0.5) is 0 Å². The van der Waals surface area contributed by atoms with E-state index in [0.717, 1.165) is 17.4 Å². The van der Waals surface area contributed by atoms with E-state index in [1.165, 1.54) is 0 Å². The summed E-state index contributed by atoms with van der Waals surface area (Å²) in [7, 11) is 3.45.